The summed E-state index contributed by atoms with van der Waals surface area (Å²) in [4.78, 5) is 13.0. The molecule has 0 fully saturated rings. The van der Waals surface area contributed by atoms with Crippen molar-refractivity contribution < 1.29 is 23.4 Å². The first-order chi connectivity index (χ1) is 11.3. The van der Waals surface area contributed by atoms with Crippen molar-refractivity contribution in [3.63, 3.8) is 0 Å². The van der Waals surface area contributed by atoms with E-state index in [9.17, 15) is 13.2 Å². The van der Waals surface area contributed by atoms with Gasteiger partial charge in [-0.25, -0.2) is 8.42 Å². The molecule has 130 valence electrons. The van der Waals surface area contributed by atoms with Crippen LogP contribution in [0.25, 0.3) is 10.8 Å². The van der Waals surface area contributed by atoms with Crippen LogP contribution in [0.1, 0.15) is 6.42 Å². The summed E-state index contributed by atoms with van der Waals surface area (Å²) in [5, 5.41) is 19.3. The molecule has 2 aromatic rings. The number of aliphatic hydroxyl groups is 1. The number of carboxylic acid groups (broad SMARTS) is 1. The summed E-state index contributed by atoms with van der Waals surface area (Å²) in [6, 6.07) is 8.78. The summed E-state index contributed by atoms with van der Waals surface area (Å²) in [5.74, 6) is -1.33. The van der Waals surface area contributed by atoms with Crippen molar-refractivity contribution in [3.8, 4) is 0 Å². The van der Waals surface area contributed by atoms with Gasteiger partial charge in [-0.3, -0.25) is 4.79 Å². The number of benzene rings is 2. The molecule has 0 spiro atoms. The van der Waals surface area contributed by atoms with Crippen LogP contribution in [0.5, 0.6) is 0 Å². The van der Waals surface area contributed by atoms with Crippen molar-refractivity contribution in [1.29, 1.82) is 0 Å². The summed E-state index contributed by atoms with van der Waals surface area (Å²) >= 11 is 0. The Morgan fingerprint density at radius 1 is 1.17 bits per heavy atom. The van der Waals surface area contributed by atoms with Crippen LogP contribution in [0.4, 0.5) is 5.69 Å². The number of carbonyl (C=O) groups is 1. The van der Waals surface area contributed by atoms with Gasteiger partial charge in [0.1, 0.15) is 6.04 Å². The molecule has 0 radical (unpaired) electrons. The van der Waals surface area contributed by atoms with E-state index in [1.54, 1.807) is 18.2 Å². The number of carboxylic acids is 1. The fourth-order valence-electron chi connectivity index (χ4n) is 2.50. The lowest BCUT2D eigenvalue weighted by Crippen LogP contribution is -2.41. The highest BCUT2D eigenvalue weighted by molar-refractivity contribution is 7.89. The molecule has 1 atom stereocenters. The first-order valence-corrected chi connectivity index (χ1v) is 8.81. The van der Waals surface area contributed by atoms with Crippen LogP contribution in [0.2, 0.25) is 0 Å². The van der Waals surface area contributed by atoms with Gasteiger partial charge < -0.3 is 15.1 Å². The average Bonchev–Trinajstić information content (AvgIpc) is 2.52. The summed E-state index contributed by atoms with van der Waals surface area (Å²) in [6.07, 6.45) is -0.206. The van der Waals surface area contributed by atoms with E-state index in [1.165, 1.54) is 6.07 Å². The maximum atomic E-state index is 12.6. The summed E-state index contributed by atoms with van der Waals surface area (Å²) < 4.78 is 27.4. The van der Waals surface area contributed by atoms with Crippen LogP contribution >= 0.6 is 0 Å². The smallest absolute Gasteiger partial charge is 0.321 e. The Hall–Kier alpha value is -2.16. The topological polar surface area (TPSA) is 107 Å². The van der Waals surface area contributed by atoms with E-state index in [4.69, 9.17) is 10.2 Å². The van der Waals surface area contributed by atoms with Crippen LogP contribution in [0, 0.1) is 0 Å². The molecular weight excluding hydrogens is 332 g/mol. The summed E-state index contributed by atoms with van der Waals surface area (Å²) in [6.45, 7) is -0.431. The van der Waals surface area contributed by atoms with Crippen molar-refractivity contribution in [2.45, 2.75) is 17.4 Å². The maximum Gasteiger partial charge on any atom is 0.321 e. The molecule has 0 aliphatic rings. The van der Waals surface area contributed by atoms with E-state index in [2.05, 4.69) is 4.72 Å². The predicted molar refractivity (Wildman–Crippen MR) is 91.7 cm³/mol. The lowest BCUT2D eigenvalue weighted by atomic mass is 10.1. The molecule has 0 aromatic heterocycles. The highest BCUT2D eigenvalue weighted by Gasteiger charge is 2.26. The predicted octanol–water partition coefficient (Wildman–Crippen LogP) is 1.02. The Bertz CT molecular complexity index is 849. The first kappa shape index (κ1) is 18.2. The lowest BCUT2D eigenvalue weighted by molar-refractivity contribution is -0.139. The van der Waals surface area contributed by atoms with Crippen LogP contribution in [0.3, 0.4) is 0 Å². The van der Waals surface area contributed by atoms with Crippen molar-refractivity contribution in [1.82, 2.24) is 4.72 Å². The molecular formula is C16H20N2O5S. The number of nitrogens with one attached hydrogen (secondary N) is 1. The van der Waals surface area contributed by atoms with Crippen molar-refractivity contribution in [3.05, 3.63) is 36.4 Å². The second kappa shape index (κ2) is 7.16. The van der Waals surface area contributed by atoms with E-state index in [-0.39, 0.29) is 11.3 Å². The van der Waals surface area contributed by atoms with Crippen LogP contribution in [0.15, 0.2) is 41.3 Å². The zero-order chi connectivity index (χ0) is 17.9. The molecule has 1 unspecified atom stereocenters. The van der Waals surface area contributed by atoms with Crippen LogP contribution in [-0.2, 0) is 14.8 Å². The number of aliphatic hydroxyl groups excluding tert-OH is 1. The Morgan fingerprint density at radius 3 is 2.38 bits per heavy atom. The highest BCUT2D eigenvalue weighted by atomic mass is 32.2. The fraction of sp³-hybridized carbons (Fsp3) is 0.312. The third kappa shape index (κ3) is 3.66. The summed E-state index contributed by atoms with van der Waals surface area (Å²) in [5.41, 5.74) is 0.856. The SMILES string of the molecule is CN(C)c1cccc2c(S(=O)(=O)NC(CCO)C(=O)O)cccc12. The van der Waals surface area contributed by atoms with Crippen LogP contribution < -0.4 is 9.62 Å². The third-order valence-electron chi connectivity index (χ3n) is 3.64. The molecule has 8 heteroatoms. The Labute approximate surface area is 140 Å². The average molecular weight is 352 g/mol. The Balaban J connectivity index is 2.55. The molecule has 0 bridgehead atoms. The van der Waals surface area contributed by atoms with Gasteiger partial charge in [-0.05, 0) is 18.6 Å². The van der Waals surface area contributed by atoms with Gasteiger partial charge >= 0.3 is 5.97 Å². The van der Waals surface area contributed by atoms with Gasteiger partial charge in [-0.1, -0.05) is 24.3 Å². The number of fused-ring (bicyclic) bond motifs is 1. The number of sulfonamides is 1. The second-order valence-electron chi connectivity index (χ2n) is 5.55. The van der Waals surface area contributed by atoms with Gasteiger partial charge in [0.25, 0.3) is 0 Å². The van der Waals surface area contributed by atoms with Crippen molar-refractivity contribution >= 4 is 32.5 Å². The zero-order valence-electron chi connectivity index (χ0n) is 13.4. The van der Waals surface area contributed by atoms with Gasteiger partial charge in [-0.15, -0.1) is 0 Å². The number of anilines is 1. The largest absolute Gasteiger partial charge is 0.480 e. The molecule has 0 saturated heterocycles. The molecule has 2 aromatic carbocycles. The molecule has 0 heterocycles. The van der Waals surface area contributed by atoms with Crippen LogP contribution in [-0.4, -0.2) is 51.3 Å². The van der Waals surface area contributed by atoms with E-state index < -0.39 is 28.6 Å². The molecule has 7 nitrogen and oxygen atoms in total. The molecule has 0 saturated carbocycles. The molecule has 0 amide bonds. The zero-order valence-corrected chi connectivity index (χ0v) is 14.2. The van der Waals surface area contributed by atoms with Crippen molar-refractivity contribution in [2.24, 2.45) is 0 Å². The van der Waals surface area contributed by atoms with Gasteiger partial charge in [0, 0.05) is 37.2 Å². The standard InChI is InChI=1S/C16H20N2O5S/c1-18(2)14-7-3-6-12-11(14)5-4-8-15(12)24(22,23)17-13(9-10-19)16(20)21/h3-8,13,17,19H,9-10H2,1-2H3,(H,20,21). The van der Waals surface area contributed by atoms with Gasteiger partial charge in [0.2, 0.25) is 10.0 Å². The monoisotopic (exact) mass is 352 g/mol. The molecule has 24 heavy (non-hydrogen) atoms. The number of rotatable bonds is 7. The van der Waals surface area contributed by atoms with E-state index >= 15 is 0 Å². The molecule has 0 aliphatic heterocycles. The van der Waals surface area contributed by atoms with Gasteiger partial charge in [0.05, 0.1) is 4.90 Å². The van der Waals surface area contributed by atoms with E-state index in [0.29, 0.717) is 5.39 Å². The number of hydrogen-bond acceptors (Lipinski definition) is 5. The van der Waals surface area contributed by atoms with Crippen molar-refractivity contribution in [2.75, 3.05) is 25.6 Å². The minimum absolute atomic E-state index is 0.00731. The minimum Gasteiger partial charge on any atom is -0.480 e. The lowest BCUT2D eigenvalue weighted by Gasteiger charge is -2.18. The normalized spacial score (nSPS) is 13.0. The third-order valence-corrected chi connectivity index (χ3v) is 5.17. The van der Waals surface area contributed by atoms with E-state index in [0.717, 1.165) is 11.1 Å². The van der Waals surface area contributed by atoms with Gasteiger partial charge in [-0.2, -0.15) is 4.72 Å². The number of aliphatic carboxylic acids is 1. The number of nitrogens with zero attached hydrogens (tertiary/aromatic N) is 1. The van der Waals surface area contributed by atoms with Gasteiger partial charge in [0.15, 0.2) is 0 Å². The molecule has 0 aliphatic carbocycles. The fourth-order valence-corrected chi connectivity index (χ4v) is 3.95. The highest BCUT2D eigenvalue weighted by Crippen LogP contribution is 2.30. The quantitative estimate of drug-likeness (QED) is 0.687. The maximum absolute atomic E-state index is 12.6. The first-order valence-electron chi connectivity index (χ1n) is 7.33. The summed E-state index contributed by atoms with van der Waals surface area (Å²) in [7, 11) is -0.342. The Kier molecular flexibility index (Phi) is 5.43. The second-order valence-corrected chi connectivity index (χ2v) is 7.23. The van der Waals surface area contributed by atoms with E-state index in [1.807, 2.05) is 31.1 Å². The molecule has 3 N–H and O–H groups in total. The number of hydrogen-bond donors (Lipinski definition) is 3. The molecule has 2 rings (SSSR count). The minimum atomic E-state index is -4.06. The Morgan fingerprint density at radius 2 is 1.79 bits per heavy atom.